The summed E-state index contributed by atoms with van der Waals surface area (Å²) in [6.07, 6.45) is 6.99. The van der Waals surface area contributed by atoms with Crippen molar-refractivity contribution >= 4 is 17.5 Å². The first-order valence-corrected chi connectivity index (χ1v) is 9.84. The van der Waals surface area contributed by atoms with Gasteiger partial charge in [-0.2, -0.15) is 0 Å². The first kappa shape index (κ1) is 16.5. The summed E-state index contributed by atoms with van der Waals surface area (Å²) in [4.78, 5) is 32.4. The number of aromatic nitrogens is 1. The number of amides is 2. The van der Waals surface area contributed by atoms with Gasteiger partial charge in [0.25, 0.3) is 11.8 Å². The van der Waals surface area contributed by atoms with Crippen LogP contribution in [0.1, 0.15) is 63.7 Å². The monoisotopic (exact) mass is 361 g/mol. The van der Waals surface area contributed by atoms with Gasteiger partial charge in [-0.05, 0) is 68.2 Å². The topological polar surface area (TPSA) is 62.3 Å². The Labute approximate surface area is 158 Å². The molecule has 27 heavy (non-hydrogen) atoms. The van der Waals surface area contributed by atoms with Gasteiger partial charge in [0.15, 0.2) is 0 Å². The predicted molar refractivity (Wildman–Crippen MR) is 103 cm³/mol. The van der Waals surface area contributed by atoms with Crippen molar-refractivity contribution in [2.24, 2.45) is 5.92 Å². The summed E-state index contributed by atoms with van der Waals surface area (Å²) in [6.45, 7) is 2.78. The molecule has 1 aromatic heterocycles. The van der Waals surface area contributed by atoms with E-state index in [1.165, 1.54) is 12.8 Å². The summed E-state index contributed by atoms with van der Waals surface area (Å²) < 4.78 is 0. The van der Waals surface area contributed by atoms with Crippen molar-refractivity contribution < 1.29 is 9.59 Å². The van der Waals surface area contributed by atoms with Gasteiger partial charge in [-0.15, -0.1) is 0 Å². The molecule has 5 rings (SSSR count). The number of anilines is 1. The third-order valence-electron chi connectivity index (χ3n) is 6.24. The minimum absolute atomic E-state index is 0.0419. The second kappa shape index (κ2) is 6.19. The summed E-state index contributed by atoms with van der Waals surface area (Å²) in [5.41, 5.74) is 5.05. The third-order valence-corrected chi connectivity index (χ3v) is 6.24. The van der Waals surface area contributed by atoms with Crippen LogP contribution in [-0.4, -0.2) is 27.7 Å². The molecule has 5 nitrogen and oxygen atoms in total. The number of hydrogen-bond acceptors (Lipinski definition) is 3. The molecular formula is C22H23N3O2. The highest BCUT2D eigenvalue weighted by Crippen LogP contribution is 2.39. The van der Waals surface area contributed by atoms with Crippen LogP contribution in [0.5, 0.6) is 0 Å². The highest BCUT2D eigenvalue weighted by atomic mass is 16.2. The van der Waals surface area contributed by atoms with Gasteiger partial charge in [0.05, 0.1) is 11.3 Å². The lowest BCUT2D eigenvalue weighted by molar-refractivity contribution is 0.0698. The molecule has 1 saturated carbocycles. The van der Waals surface area contributed by atoms with E-state index in [2.05, 4.69) is 17.2 Å². The number of nitrogens with zero attached hydrogens (tertiary/aromatic N) is 2. The maximum Gasteiger partial charge on any atom is 0.256 e. The number of pyridine rings is 1. The Morgan fingerprint density at radius 2 is 2.11 bits per heavy atom. The molecule has 0 bridgehead atoms. The van der Waals surface area contributed by atoms with Crippen molar-refractivity contribution in [1.29, 1.82) is 0 Å². The van der Waals surface area contributed by atoms with E-state index in [4.69, 9.17) is 0 Å². The number of fused-ring (bicyclic) bond motifs is 2. The van der Waals surface area contributed by atoms with Gasteiger partial charge in [-0.1, -0.05) is 12.1 Å². The minimum Gasteiger partial charge on any atom is -0.331 e. The molecule has 1 aromatic carbocycles. The summed E-state index contributed by atoms with van der Waals surface area (Å²) in [5.74, 6) is 0.520. The van der Waals surface area contributed by atoms with E-state index in [9.17, 15) is 9.59 Å². The molecule has 0 radical (unpaired) electrons. The second-order valence-electron chi connectivity index (χ2n) is 7.94. The van der Waals surface area contributed by atoms with E-state index >= 15 is 0 Å². The summed E-state index contributed by atoms with van der Waals surface area (Å²) in [6, 6.07) is 7.79. The van der Waals surface area contributed by atoms with E-state index in [1.807, 2.05) is 23.1 Å². The Bertz CT molecular complexity index is 949. The van der Waals surface area contributed by atoms with E-state index in [0.29, 0.717) is 29.3 Å². The normalized spacial score (nSPS) is 19.0. The second-order valence-corrected chi connectivity index (χ2v) is 7.94. The fourth-order valence-electron chi connectivity index (χ4n) is 4.51. The number of aryl methyl sites for hydroxylation is 1. The predicted octanol–water partition coefficient (Wildman–Crippen LogP) is 3.58. The van der Waals surface area contributed by atoms with Crippen molar-refractivity contribution in [3.05, 3.63) is 58.4 Å². The van der Waals surface area contributed by atoms with Crippen LogP contribution in [-0.2, 0) is 19.4 Å². The van der Waals surface area contributed by atoms with Crippen LogP contribution in [0.3, 0.4) is 0 Å². The average molecular weight is 361 g/mol. The summed E-state index contributed by atoms with van der Waals surface area (Å²) in [5, 5.41) is 3.01. The lowest BCUT2D eigenvalue weighted by Crippen LogP contribution is -2.35. The fourth-order valence-corrected chi connectivity index (χ4v) is 4.51. The molecular weight excluding hydrogens is 338 g/mol. The van der Waals surface area contributed by atoms with Crippen molar-refractivity contribution in [2.75, 3.05) is 5.32 Å². The molecule has 138 valence electrons. The Balaban J connectivity index is 1.43. The largest absolute Gasteiger partial charge is 0.331 e. The van der Waals surface area contributed by atoms with Gasteiger partial charge >= 0.3 is 0 Å². The van der Waals surface area contributed by atoms with Crippen LogP contribution in [0.2, 0.25) is 0 Å². The number of nitrogens with one attached hydrogen (secondary N) is 1. The molecule has 5 heteroatoms. The molecule has 1 fully saturated rings. The highest BCUT2D eigenvalue weighted by Gasteiger charge is 2.39. The van der Waals surface area contributed by atoms with Crippen molar-refractivity contribution in [3.63, 3.8) is 0 Å². The fraction of sp³-hybridized carbons (Fsp3) is 0.409. The molecule has 0 unspecified atom stereocenters. The number of benzene rings is 1. The van der Waals surface area contributed by atoms with E-state index < -0.39 is 0 Å². The van der Waals surface area contributed by atoms with Gasteiger partial charge in [-0.25, -0.2) is 0 Å². The Hall–Kier alpha value is -2.69. The molecule has 0 spiro atoms. The Kier molecular flexibility index (Phi) is 3.78. The first-order chi connectivity index (χ1) is 13.1. The van der Waals surface area contributed by atoms with Gasteiger partial charge in [0.1, 0.15) is 0 Å². The van der Waals surface area contributed by atoms with Crippen LogP contribution in [0.15, 0.2) is 30.5 Å². The van der Waals surface area contributed by atoms with Crippen molar-refractivity contribution in [1.82, 2.24) is 9.88 Å². The number of rotatable bonds is 4. The molecule has 1 N–H and O–H groups in total. The van der Waals surface area contributed by atoms with E-state index in [0.717, 1.165) is 36.1 Å². The van der Waals surface area contributed by atoms with Gasteiger partial charge in [0.2, 0.25) is 0 Å². The first-order valence-electron chi connectivity index (χ1n) is 9.84. The minimum atomic E-state index is -0.148. The van der Waals surface area contributed by atoms with Crippen LogP contribution in [0.25, 0.3) is 0 Å². The van der Waals surface area contributed by atoms with Crippen molar-refractivity contribution in [3.8, 4) is 0 Å². The molecule has 2 aromatic rings. The van der Waals surface area contributed by atoms with Gasteiger partial charge < -0.3 is 10.2 Å². The lowest BCUT2D eigenvalue weighted by atomic mass is 10.1. The standard InChI is InChI=1S/C22H23N3O2/c1-13(14-8-9-14)25-12-15-4-2-7-19(20(15)22(25)27)24-21(26)17-10-11-23-18-6-3-5-16(17)18/h2,4,7,10-11,13-14H,3,5-6,8-9,12H2,1H3,(H,24,26)/t13-/m0/s1. The highest BCUT2D eigenvalue weighted by molar-refractivity contribution is 6.11. The molecule has 2 amide bonds. The number of carbonyl (C=O) groups excluding carboxylic acids is 2. The maximum absolute atomic E-state index is 13.1. The molecule has 2 heterocycles. The SMILES string of the molecule is C[C@@H](C1CC1)N1Cc2cccc(NC(=O)c3ccnc4c3CCC4)c2C1=O. The third kappa shape index (κ3) is 2.73. The van der Waals surface area contributed by atoms with Crippen LogP contribution >= 0.6 is 0 Å². The van der Waals surface area contributed by atoms with Crippen LogP contribution in [0, 0.1) is 5.92 Å². The van der Waals surface area contributed by atoms with Gasteiger partial charge in [0, 0.05) is 30.0 Å². The van der Waals surface area contributed by atoms with E-state index in [1.54, 1.807) is 12.3 Å². The smallest absolute Gasteiger partial charge is 0.256 e. The lowest BCUT2D eigenvalue weighted by Gasteiger charge is -2.24. The zero-order valence-electron chi connectivity index (χ0n) is 15.5. The Morgan fingerprint density at radius 1 is 1.26 bits per heavy atom. The quantitative estimate of drug-likeness (QED) is 0.905. The zero-order chi connectivity index (χ0) is 18.5. The Morgan fingerprint density at radius 3 is 2.93 bits per heavy atom. The molecule has 1 aliphatic heterocycles. The average Bonchev–Trinajstić information content (AvgIpc) is 3.31. The van der Waals surface area contributed by atoms with Crippen molar-refractivity contribution in [2.45, 2.75) is 51.6 Å². The molecule has 1 atom stereocenters. The molecule has 2 aliphatic carbocycles. The summed E-state index contributed by atoms with van der Waals surface area (Å²) in [7, 11) is 0. The molecule has 3 aliphatic rings. The number of hydrogen-bond donors (Lipinski definition) is 1. The maximum atomic E-state index is 13.1. The molecule has 0 saturated heterocycles. The van der Waals surface area contributed by atoms with Crippen LogP contribution in [0.4, 0.5) is 5.69 Å². The summed E-state index contributed by atoms with van der Waals surface area (Å²) >= 11 is 0. The number of carbonyl (C=O) groups is 2. The van der Waals surface area contributed by atoms with E-state index in [-0.39, 0.29) is 17.9 Å². The van der Waals surface area contributed by atoms with Gasteiger partial charge in [-0.3, -0.25) is 14.6 Å². The zero-order valence-corrected chi connectivity index (χ0v) is 15.5. The van der Waals surface area contributed by atoms with Crippen LogP contribution < -0.4 is 5.32 Å².